The van der Waals surface area contributed by atoms with Crippen LogP contribution in [0.4, 0.5) is 0 Å². The Labute approximate surface area is 117 Å². The van der Waals surface area contributed by atoms with Gasteiger partial charge in [0.2, 0.25) is 0 Å². The molecule has 2 aromatic carbocycles. The molecular weight excluding hydrogens is 252 g/mol. The Morgan fingerprint density at radius 1 is 1.15 bits per heavy atom. The fourth-order valence-corrected chi connectivity index (χ4v) is 2.32. The summed E-state index contributed by atoms with van der Waals surface area (Å²) in [7, 11) is 1.62. The van der Waals surface area contributed by atoms with Crippen molar-refractivity contribution >= 4 is 12.4 Å². The maximum atomic E-state index is 11.3. The molecular formula is C17H14O3. The lowest BCUT2D eigenvalue weighted by atomic mass is 9.97. The normalized spacial score (nSPS) is 16.6. The Kier molecular flexibility index (Phi) is 3.25. The summed E-state index contributed by atoms with van der Waals surface area (Å²) in [6.07, 6.45) is 2.33. The van der Waals surface area contributed by atoms with Crippen LogP contribution < -0.4 is 9.47 Å². The number of rotatable bonds is 3. The molecule has 1 aliphatic heterocycles. The summed E-state index contributed by atoms with van der Waals surface area (Å²) >= 11 is 0. The highest BCUT2D eigenvalue weighted by molar-refractivity contribution is 5.86. The largest absolute Gasteiger partial charge is 0.497 e. The summed E-state index contributed by atoms with van der Waals surface area (Å²) in [5.41, 5.74) is 2.43. The molecule has 0 radical (unpaired) electrons. The van der Waals surface area contributed by atoms with Gasteiger partial charge in [-0.2, -0.15) is 0 Å². The zero-order chi connectivity index (χ0) is 13.9. The lowest BCUT2D eigenvalue weighted by Gasteiger charge is -2.25. The summed E-state index contributed by atoms with van der Waals surface area (Å²) in [4.78, 5) is 11.3. The van der Waals surface area contributed by atoms with E-state index >= 15 is 0 Å². The molecule has 1 aliphatic rings. The van der Waals surface area contributed by atoms with Gasteiger partial charge in [-0.25, -0.2) is 0 Å². The van der Waals surface area contributed by atoms with Gasteiger partial charge in [-0.1, -0.05) is 30.3 Å². The summed E-state index contributed by atoms with van der Waals surface area (Å²) in [5.74, 6) is 1.53. The first-order valence-electron chi connectivity index (χ1n) is 6.38. The van der Waals surface area contributed by atoms with E-state index in [0.29, 0.717) is 5.57 Å². The Hall–Kier alpha value is -2.55. The minimum atomic E-state index is -0.391. The third-order valence-electron chi connectivity index (χ3n) is 3.32. The number of fused-ring (bicyclic) bond motifs is 1. The monoisotopic (exact) mass is 266 g/mol. The molecule has 3 heteroatoms. The first-order chi connectivity index (χ1) is 9.81. The zero-order valence-electron chi connectivity index (χ0n) is 11.1. The molecule has 0 saturated heterocycles. The molecule has 0 aromatic heterocycles. The molecule has 1 heterocycles. The molecule has 3 nitrogen and oxygen atoms in total. The van der Waals surface area contributed by atoms with Gasteiger partial charge in [0, 0.05) is 16.7 Å². The summed E-state index contributed by atoms with van der Waals surface area (Å²) in [5, 5.41) is 0. The van der Waals surface area contributed by atoms with Crippen LogP contribution >= 0.6 is 0 Å². The third-order valence-corrected chi connectivity index (χ3v) is 3.32. The second-order valence-corrected chi connectivity index (χ2v) is 4.57. The van der Waals surface area contributed by atoms with E-state index in [1.165, 1.54) is 0 Å². The van der Waals surface area contributed by atoms with Crippen LogP contribution in [0.2, 0.25) is 0 Å². The average molecular weight is 266 g/mol. The van der Waals surface area contributed by atoms with Gasteiger partial charge in [-0.05, 0) is 24.3 Å². The van der Waals surface area contributed by atoms with Crippen molar-refractivity contribution in [3.05, 3.63) is 65.2 Å². The zero-order valence-corrected chi connectivity index (χ0v) is 11.1. The van der Waals surface area contributed by atoms with Crippen molar-refractivity contribution in [1.29, 1.82) is 0 Å². The highest BCUT2D eigenvalue weighted by Crippen LogP contribution is 2.37. The van der Waals surface area contributed by atoms with Gasteiger partial charge in [-0.15, -0.1) is 0 Å². The highest BCUT2D eigenvalue weighted by atomic mass is 16.5. The number of benzene rings is 2. The van der Waals surface area contributed by atoms with Crippen molar-refractivity contribution in [3.8, 4) is 11.5 Å². The molecule has 100 valence electrons. The van der Waals surface area contributed by atoms with Gasteiger partial charge in [-0.3, -0.25) is 4.79 Å². The molecule has 3 rings (SSSR count). The first kappa shape index (κ1) is 12.5. The predicted octanol–water partition coefficient (Wildman–Crippen LogP) is 3.41. The Bertz CT molecular complexity index is 673. The lowest BCUT2D eigenvalue weighted by molar-refractivity contribution is -0.105. The van der Waals surface area contributed by atoms with Crippen LogP contribution in [-0.4, -0.2) is 13.4 Å². The molecule has 0 fully saturated rings. The van der Waals surface area contributed by atoms with Crippen LogP contribution in [0.1, 0.15) is 17.2 Å². The summed E-state index contributed by atoms with van der Waals surface area (Å²) < 4.78 is 11.2. The third kappa shape index (κ3) is 2.18. The van der Waals surface area contributed by atoms with Gasteiger partial charge >= 0.3 is 0 Å². The minimum absolute atomic E-state index is 0.391. The van der Waals surface area contributed by atoms with Crippen LogP contribution in [0.15, 0.2) is 54.1 Å². The molecule has 0 saturated carbocycles. The van der Waals surface area contributed by atoms with Crippen LogP contribution in [0.25, 0.3) is 6.08 Å². The van der Waals surface area contributed by atoms with Crippen LogP contribution in [0.5, 0.6) is 11.5 Å². The summed E-state index contributed by atoms with van der Waals surface area (Å²) in [6.45, 7) is 0. The van der Waals surface area contributed by atoms with Gasteiger partial charge in [0.25, 0.3) is 0 Å². The van der Waals surface area contributed by atoms with Crippen molar-refractivity contribution in [2.75, 3.05) is 7.11 Å². The van der Waals surface area contributed by atoms with E-state index in [9.17, 15) is 4.79 Å². The molecule has 0 unspecified atom stereocenters. The molecule has 1 atom stereocenters. The molecule has 20 heavy (non-hydrogen) atoms. The summed E-state index contributed by atoms with van der Waals surface area (Å²) in [6, 6.07) is 15.2. The highest BCUT2D eigenvalue weighted by Gasteiger charge is 2.24. The standard InChI is InChI=1S/C17H14O3/c1-19-15-7-4-6-13(10-15)17-14(11-18)9-12-5-2-3-8-16(12)20-17/h2-11,17H,1H3/t17-/m1/s1. The van der Waals surface area contributed by atoms with E-state index in [1.54, 1.807) is 7.11 Å². The number of hydrogen-bond donors (Lipinski definition) is 0. The SMILES string of the molecule is COc1cccc([C@H]2Oc3ccccc3C=C2C=O)c1. The Balaban J connectivity index is 2.04. The van der Waals surface area contributed by atoms with E-state index in [2.05, 4.69) is 0 Å². The van der Waals surface area contributed by atoms with Crippen LogP contribution in [-0.2, 0) is 4.79 Å². The molecule has 0 bridgehead atoms. The second-order valence-electron chi connectivity index (χ2n) is 4.57. The topological polar surface area (TPSA) is 35.5 Å². The first-order valence-corrected chi connectivity index (χ1v) is 6.38. The fraction of sp³-hybridized carbons (Fsp3) is 0.118. The predicted molar refractivity (Wildman–Crippen MR) is 76.8 cm³/mol. The van der Waals surface area contributed by atoms with Crippen molar-refractivity contribution in [3.63, 3.8) is 0 Å². The van der Waals surface area contributed by atoms with E-state index < -0.39 is 6.10 Å². The van der Waals surface area contributed by atoms with Crippen molar-refractivity contribution in [1.82, 2.24) is 0 Å². The second kappa shape index (κ2) is 5.21. The molecule has 0 N–H and O–H groups in total. The molecule has 0 amide bonds. The fourth-order valence-electron chi connectivity index (χ4n) is 2.32. The minimum Gasteiger partial charge on any atom is -0.497 e. The molecule has 0 spiro atoms. The Morgan fingerprint density at radius 3 is 2.80 bits per heavy atom. The van der Waals surface area contributed by atoms with Crippen LogP contribution in [0.3, 0.4) is 0 Å². The van der Waals surface area contributed by atoms with Gasteiger partial charge in [0.05, 0.1) is 7.11 Å². The van der Waals surface area contributed by atoms with E-state index in [-0.39, 0.29) is 0 Å². The number of ether oxygens (including phenoxy) is 2. The average Bonchev–Trinajstić information content (AvgIpc) is 2.53. The quantitative estimate of drug-likeness (QED) is 0.799. The number of methoxy groups -OCH3 is 1. The molecule has 0 aliphatic carbocycles. The van der Waals surface area contributed by atoms with Gasteiger partial charge in [0.15, 0.2) is 6.10 Å². The van der Waals surface area contributed by atoms with E-state index in [4.69, 9.17) is 9.47 Å². The molecule has 2 aromatic rings. The van der Waals surface area contributed by atoms with Crippen molar-refractivity contribution in [2.24, 2.45) is 0 Å². The van der Waals surface area contributed by atoms with Crippen molar-refractivity contribution < 1.29 is 14.3 Å². The number of para-hydroxylation sites is 1. The van der Waals surface area contributed by atoms with E-state index in [1.807, 2.05) is 54.6 Å². The van der Waals surface area contributed by atoms with Gasteiger partial charge < -0.3 is 9.47 Å². The number of carbonyl (C=O) groups is 1. The Morgan fingerprint density at radius 2 is 2.00 bits per heavy atom. The van der Waals surface area contributed by atoms with Crippen molar-refractivity contribution in [2.45, 2.75) is 6.10 Å². The maximum absolute atomic E-state index is 11.3. The lowest BCUT2D eigenvalue weighted by Crippen LogP contribution is -2.15. The smallest absolute Gasteiger partial charge is 0.152 e. The van der Waals surface area contributed by atoms with Crippen LogP contribution in [0, 0.1) is 0 Å². The number of hydrogen-bond acceptors (Lipinski definition) is 3. The maximum Gasteiger partial charge on any atom is 0.152 e. The van der Waals surface area contributed by atoms with Gasteiger partial charge in [0.1, 0.15) is 17.8 Å². The number of aldehydes is 1. The van der Waals surface area contributed by atoms with E-state index in [0.717, 1.165) is 28.9 Å². The number of carbonyl (C=O) groups excluding carboxylic acids is 1.